The van der Waals surface area contributed by atoms with Crippen LogP contribution in [0.2, 0.25) is 0 Å². The van der Waals surface area contributed by atoms with Crippen LogP contribution < -0.4 is 20.1 Å². The molecule has 1 aliphatic rings. The summed E-state index contributed by atoms with van der Waals surface area (Å²) in [6.45, 7) is 1.67. The Bertz CT molecular complexity index is 2010. The van der Waals surface area contributed by atoms with E-state index in [9.17, 15) is 19.5 Å². The summed E-state index contributed by atoms with van der Waals surface area (Å²) in [5, 5.41) is 14.1. The molecule has 42 heavy (non-hydrogen) atoms. The number of thioether (sulfide) groups is 1. The number of nitrogens with zero attached hydrogens (tertiary/aromatic N) is 2. The van der Waals surface area contributed by atoms with Crippen molar-refractivity contribution < 1.29 is 14.7 Å². The Morgan fingerprint density at radius 2 is 1.67 bits per heavy atom. The molecule has 3 heterocycles. The third-order valence-corrected chi connectivity index (χ3v) is 10.5. The third-order valence-electron chi connectivity index (χ3n) is 6.65. The highest BCUT2D eigenvalue weighted by Crippen LogP contribution is 2.34. The predicted molar refractivity (Wildman–Crippen MR) is 177 cm³/mol. The molecule has 6 rings (SSSR count). The molecule has 0 saturated carbocycles. The first-order chi connectivity index (χ1) is 20.3. The van der Waals surface area contributed by atoms with E-state index < -0.39 is 18.1 Å². The Morgan fingerprint density at radius 1 is 0.976 bits per heavy atom. The smallest absolute Gasteiger partial charge is 0.323 e. The molecule has 3 aromatic carbocycles. The number of carboxylic acid groups (broad SMARTS) is 1. The number of nitrogens with one attached hydrogen (secondary N) is 1. The summed E-state index contributed by atoms with van der Waals surface area (Å²) < 4.78 is 3.44. The van der Waals surface area contributed by atoms with Gasteiger partial charge in [-0.05, 0) is 65.9 Å². The molecule has 11 heteroatoms. The lowest BCUT2D eigenvalue weighted by molar-refractivity contribution is -0.137. The largest absolute Gasteiger partial charge is 0.480 e. The van der Waals surface area contributed by atoms with Crippen LogP contribution in [0, 0.1) is 0 Å². The zero-order chi connectivity index (χ0) is 29.4. The second-order valence-corrected chi connectivity index (χ2v) is 13.2. The Balaban J connectivity index is 1.25. The topological polar surface area (TPSA) is 91.6 Å². The number of hydrogen-bond donors (Lipinski definition) is 2. The van der Waals surface area contributed by atoms with Crippen LogP contribution in [0.1, 0.15) is 12.5 Å². The Labute approximate surface area is 258 Å². The number of thiazole rings is 1. The van der Waals surface area contributed by atoms with Crippen molar-refractivity contribution in [3.63, 3.8) is 0 Å². The molecule has 2 N–H and O–H groups in total. The van der Waals surface area contributed by atoms with Crippen molar-refractivity contribution in [3.8, 4) is 10.4 Å². The molecule has 0 aliphatic carbocycles. The molecular formula is C31H23N3O4S4. The Morgan fingerprint density at radius 3 is 2.31 bits per heavy atom. The van der Waals surface area contributed by atoms with Crippen LogP contribution in [0.4, 0.5) is 11.4 Å². The lowest BCUT2D eigenvalue weighted by Gasteiger charge is -2.09. The van der Waals surface area contributed by atoms with Crippen molar-refractivity contribution in [2.45, 2.75) is 13.5 Å². The zero-order valence-electron chi connectivity index (χ0n) is 22.2. The number of benzene rings is 3. The number of rotatable bonds is 7. The molecule has 0 atom stereocenters. The second-order valence-electron chi connectivity index (χ2n) is 9.42. The van der Waals surface area contributed by atoms with Gasteiger partial charge in [-0.2, -0.15) is 0 Å². The number of carbonyl (C=O) groups is 2. The van der Waals surface area contributed by atoms with Gasteiger partial charge in [-0.3, -0.25) is 23.9 Å². The van der Waals surface area contributed by atoms with Crippen LogP contribution in [-0.4, -0.2) is 37.3 Å². The monoisotopic (exact) mass is 629 g/mol. The zero-order valence-corrected chi connectivity index (χ0v) is 25.5. The van der Waals surface area contributed by atoms with Crippen molar-refractivity contribution in [1.29, 1.82) is 0 Å². The average molecular weight is 630 g/mol. The lowest BCUT2D eigenvalue weighted by Crippen LogP contribution is -2.35. The Hall–Kier alpha value is -4.03. The number of aromatic nitrogens is 1. The first kappa shape index (κ1) is 28.1. The maximum absolute atomic E-state index is 13.2. The molecule has 0 radical (unpaired) electrons. The lowest BCUT2D eigenvalue weighted by atomic mass is 10.1. The molecule has 5 aromatic rings. The molecule has 0 spiro atoms. The molecule has 210 valence electrons. The van der Waals surface area contributed by atoms with Gasteiger partial charge in [0.1, 0.15) is 20.4 Å². The van der Waals surface area contributed by atoms with E-state index in [2.05, 4.69) is 47.8 Å². The average Bonchev–Trinajstić information content (AvgIpc) is 3.63. The van der Waals surface area contributed by atoms with Gasteiger partial charge in [-0.1, -0.05) is 66.4 Å². The third kappa shape index (κ3) is 5.56. The summed E-state index contributed by atoms with van der Waals surface area (Å²) in [6, 6.07) is 26.5. The highest BCUT2D eigenvalue weighted by atomic mass is 32.2. The van der Waals surface area contributed by atoms with E-state index in [0.29, 0.717) is 20.1 Å². The van der Waals surface area contributed by atoms with Gasteiger partial charge in [0, 0.05) is 27.5 Å². The number of carbonyl (C=O) groups excluding carboxylic acids is 1. The van der Waals surface area contributed by atoms with Crippen LogP contribution >= 0.6 is 46.7 Å². The van der Waals surface area contributed by atoms with E-state index in [0.717, 1.165) is 50.2 Å². The number of thiophene rings is 1. The Kier molecular flexibility index (Phi) is 7.82. The van der Waals surface area contributed by atoms with Gasteiger partial charge in [-0.25, -0.2) is 0 Å². The first-order valence-corrected chi connectivity index (χ1v) is 15.8. The van der Waals surface area contributed by atoms with Crippen molar-refractivity contribution in [3.05, 3.63) is 104 Å². The fourth-order valence-corrected chi connectivity index (χ4v) is 8.30. The molecule has 0 bridgehead atoms. The van der Waals surface area contributed by atoms with Gasteiger partial charge in [0.15, 0.2) is 0 Å². The van der Waals surface area contributed by atoms with Gasteiger partial charge < -0.3 is 10.4 Å². The van der Waals surface area contributed by atoms with E-state index in [1.54, 1.807) is 17.4 Å². The summed E-state index contributed by atoms with van der Waals surface area (Å²) in [4.78, 5) is 40.6. The maximum Gasteiger partial charge on any atom is 0.323 e. The van der Waals surface area contributed by atoms with Gasteiger partial charge in [0.2, 0.25) is 0 Å². The molecule has 7 nitrogen and oxygen atoms in total. The quantitative estimate of drug-likeness (QED) is 0.232. The van der Waals surface area contributed by atoms with Crippen molar-refractivity contribution in [2.24, 2.45) is 0 Å². The fourth-order valence-electron chi connectivity index (χ4n) is 4.59. The van der Waals surface area contributed by atoms with Gasteiger partial charge in [-0.15, -0.1) is 22.7 Å². The van der Waals surface area contributed by atoms with Gasteiger partial charge >= 0.3 is 5.97 Å². The standard InChI is InChI=1S/C31H23N3O4S4/c1-2-33-29(38)27(42-31(33)39)30-34(17-26(35)36)28(37)25(41-30)15-18-7-11-21(12-8-18)32-22-13-9-19(10-14-22)24-16-20-5-3-4-6-23(20)40-24/h3-16,32H,2,17H2,1H3,(H,35,36)/b25-15+,30-27-. The van der Waals surface area contributed by atoms with E-state index in [1.807, 2.05) is 43.3 Å². The predicted octanol–water partition coefficient (Wildman–Crippen LogP) is 5.44. The van der Waals surface area contributed by atoms with E-state index in [1.165, 1.54) is 19.9 Å². The molecule has 1 fully saturated rings. The van der Waals surface area contributed by atoms with Gasteiger partial charge in [0.25, 0.3) is 11.5 Å². The summed E-state index contributed by atoms with van der Waals surface area (Å²) in [6.07, 6.45) is 1.71. The van der Waals surface area contributed by atoms with Gasteiger partial charge in [0.05, 0.1) is 4.53 Å². The van der Waals surface area contributed by atoms with E-state index >= 15 is 0 Å². The molecule has 1 aliphatic heterocycles. The number of anilines is 2. The minimum Gasteiger partial charge on any atom is -0.480 e. The summed E-state index contributed by atoms with van der Waals surface area (Å²) >= 11 is 9.27. The van der Waals surface area contributed by atoms with Crippen molar-refractivity contribution >= 4 is 95.3 Å². The first-order valence-electron chi connectivity index (χ1n) is 13.0. The van der Waals surface area contributed by atoms with Crippen LogP contribution in [0.25, 0.3) is 31.5 Å². The molecule has 2 aromatic heterocycles. The highest BCUT2D eigenvalue weighted by Gasteiger charge is 2.33. The van der Waals surface area contributed by atoms with E-state index in [-0.39, 0.29) is 10.8 Å². The van der Waals surface area contributed by atoms with E-state index in [4.69, 9.17) is 12.2 Å². The fraction of sp³-hybridized carbons (Fsp3) is 0.0968. The second kappa shape index (κ2) is 11.7. The number of aliphatic carboxylic acids is 1. The molecule has 1 amide bonds. The molecular weight excluding hydrogens is 607 g/mol. The normalized spacial score (nSPS) is 15.2. The van der Waals surface area contributed by atoms with Crippen LogP contribution in [-0.2, 0) is 16.1 Å². The SMILES string of the molecule is CCN1C(=O)/C(=c2/s/c(=C/c3ccc(Nc4ccc(-c5cc6ccccc6s5)cc4)cc3)c(=O)n2CC(=O)O)SC1=S. The van der Waals surface area contributed by atoms with Crippen LogP contribution in [0.3, 0.4) is 0 Å². The summed E-state index contributed by atoms with van der Waals surface area (Å²) in [5.41, 5.74) is 3.31. The minimum atomic E-state index is -1.17. The highest BCUT2D eigenvalue weighted by molar-refractivity contribution is 8.30. The summed E-state index contributed by atoms with van der Waals surface area (Å²) in [7, 11) is 0. The molecule has 1 saturated heterocycles. The molecule has 0 unspecified atom stereocenters. The number of hydrogen-bond acceptors (Lipinski definition) is 8. The summed E-state index contributed by atoms with van der Waals surface area (Å²) in [5.74, 6) is -1.48. The minimum absolute atomic E-state index is 0.280. The van der Waals surface area contributed by atoms with Crippen LogP contribution in [0.15, 0.2) is 83.7 Å². The number of thiocarbonyl (C=S) groups is 1. The van der Waals surface area contributed by atoms with Crippen molar-refractivity contribution in [2.75, 3.05) is 11.9 Å². The van der Waals surface area contributed by atoms with Crippen molar-refractivity contribution in [1.82, 2.24) is 9.47 Å². The number of fused-ring (bicyclic) bond motifs is 1. The number of carboxylic acids is 1. The number of amides is 1. The van der Waals surface area contributed by atoms with Crippen LogP contribution in [0.5, 0.6) is 0 Å². The maximum atomic E-state index is 13.2.